The van der Waals surface area contributed by atoms with Gasteiger partial charge in [-0.1, -0.05) is 51.6 Å². The number of fused-ring (bicyclic) bond motifs is 1. The number of amides is 1. The molecule has 0 saturated heterocycles. The maximum atomic E-state index is 12.7. The van der Waals surface area contributed by atoms with Crippen molar-refractivity contribution < 1.29 is 9.21 Å². The molecule has 1 N–H and O–H groups in total. The number of thioether (sulfide) groups is 3. The van der Waals surface area contributed by atoms with E-state index in [1.54, 1.807) is 35.3 Å². The Kier molecular flexibility index (Phi) is 9.37. The van der Waals surface area contributed by atoms with Gasteiger partial charge >= 0.3 is 0 Å². The predicted octanol–water partition coefficient (Wildman–Crippen LogP) is 7.43. The van der Waals surface area contributed by atoms with Gasteiger partial charge in [-0.2, -0.15) is 0 Å². The lowest BCUT2D eigenvalue weighted by molar-refractivity contribution is -0.116. The summed E-state index contributed by atoms with van der Waals surface area (Å²) in [6.45, 7) is 10.6. The van der Waals surface area contributed by atoms with E-state index in [1.807, 2.05) is 31.2 Å². The number of aryl methyl sites for hydroxylation is 1. The molecule has 0 aliphatic rings. The van der Waals surface area contributed by atoms with Crippen molar-refractivity contribution in [2.24, 2.45) is 0 Å². The molecular formula is C24H31N3O2S3. The van der Waals surface area contributed by atoms with E-state index in [2.05, 4.69) is 44.1 Å². The molecule has 0 aliphatic heterocycles. The Balaban J connectivity index is 1.54. The molecule has 3 rings (SSSR count). The van der Waals surface area contributed by atoms with Gasteiger partial charge < -0.3 is 9.73 Å². The third-order valence-corrected chi connectivity index (χ3v) is 7.30. The summed E-state index contributed by atoms with van der Waals surface area (Å²) in [5, 5.41) is 5.57. The highest BCUT2D eigenvalue weighted by molar-refractivity contribution is 8.01. The van der Waals surface area contributed by atoms with Crippen LogP contribution in [0.5, 0.6) is 0 Å². The highest BCUT2D eigenvalue weighted by Crippen LogP contribution is 2.38. The maximum absolute atomic E-state index is 12.7. The van der Waals surface area contributed by atoms with Crippen molar-refractivity contribution in [3.05, 3.63) is 36.0 Å². The molecule has 0 bridgehead atoms. The number of benzene rings is 1. The molecule has 0 atom stereocenters. The van der Waals surface area contributed by atoms with Crippen molar-refractivity contribution in [3.63, 3.8) is 0 Å². The smallest absolute Gasteiger partial charge is 0.256 e. The summed E-state index contributed by atoms with van der Waals surface area (Å²) >= 11 is 5.05. The van der Waals surface area contributed by atoms with E-state index in [4.69, 9.17) is 9.40 Å². The number of rotatable bonds is 11. The summed E-state index contributed by atoms with van der Waals surface area (Å²) in [4.78, 5) is 23.0. The molecule has 1 amide bonds. The fourth-order valence-corrected chi connectivity index (χ4v) is 5.88. The summed E-state index contributed by atoms with van der Waals surface area (Å²) in [6.07, 6.45) is 2.22. The van der Waals surface area contributed by atoms with Gasteiger partial charge in [0.15, 0.2) is 5.58 Å². The number of anilines is 1. The minimum absolute atomic E-state index is 0.0405. The zero-order valence-electron chi connectivity index (χ0n) is 19.3. The number of unbranched alkanes of at least 4 members (excludes halogenated alkanes) is 1. The molecule has 3 aromatic rings. The van der Waals surface area contributed by atoms with E-state index < -0.39 is 0 Å². The molecule has 0 saturated carbocycles. The lowest BCUT2D eigenvalue weighted by atomic mass is 10.2. The molecule has 0 unspecified atom stereocenters. The van der Waals surface area contributed by atoms with Crippen LogP contribution in [-0.2, 0) is 4.79 Å². The lowest BCUT2D eigenvalue weighted by Crippen LogP contribution is -2.14. The Hall–Kier alpha value is -1.64. The number of carbonyl (C=O) groups excluding carboxylic acids is 1. The molecule has 0 spiro atoms. The Bertz CT molecular complexity index is 986. The van der Waals surface area contributed by atoms with Crippen LogP contribution in [0.1, 0.15) is 52.7 Å². The number of hydrogen-bond acceptors (Lipinski definition) is 7. The Morgan fingerprint density at radius 1 is 1.06 bits per heavy atom. The molecule has 2 heterocycles. The van der Waals surface area contributed by atoms with Crippen molar-refractivity contribution in [1.29, 1.82) is 0 Å². The Morgan fingerprint density at radius 2 is 1.81 bits per heavy atom. The van der Waals surface area contributed by atoms with Crippen LogP contribution < -0.4 is 5.32 Å². The summed E-state index contributed by atoms with van der Waals surface area (Å²) in [6, 6.07) is 9.85. The number of nitrogens with zero attached hydrogens (tertiary/aromatic N) is 2. The Morgan fingerprint density at radius 3 is 2.53 bits per heavy atom. The second-order valence-corrected chi connectivity index (χ2v) is 12.3. The molecule has 2 aromatic heterocycles. The number of para-hydroxylation sites is 2. The normalized spacial score (nSPS) is 11.6. The lowest BCUT2D eigenvalue weighted by Gasteiger charge is -2.18. The van der Waals surface area contributed by atoms with Gasteiger partial charge in [0.1, 0.15) is 10.5 Å². The predicted molar refractivity (Wildman–Crippen MR) is 138 cm³/mol. The number of pyridine rings is 1. The van der Waals surface area contributed by atoms with Crippen LogP contribution in [0.2, 0.25) is 0 Å². The van der Waals surface area contributed by atoms with E-state index in [0.29, 0.717) is 22.1 Å². The fraction of sp³-hybridized carbons (Fsp3) is 0.458. The monoisotopic (exact) mass is 489 g/mol. The first-order valence-corrected chi connectivity index (χ1v) is 13.7. The van der Waals surface area contributed by atoms with E-state index >= 15 is 0 Å². The molecule has 0 aliphatic carbocycles. The summed E-state index contributed by atoms with van der Waals surface area (Å²) in [5.74, 6) is 0.911. The maximum Gasteiger partial charge on any atom is 0.256 e. The summed E-state index contributed by atoms with van der Waals surface area (Å²) < 4.78 is 5.73. The highest BCUT2D eigenvalue weighted by atomic mass is 32.2. The van der Waals surface area contributed by atoms with Gasteiger partial charge in [0, 0.05) is 33.3 Å². The SMILES string of the molecule is Cc1cc(SC(C)C)c(NC(=O)CCCCSc2nc3ccccc3o2)c(SC(C)C)n1. The second-order valence-electron chi connectivity index (χ2n) is 8.08. The van der Waals surface area contributed by atoms with Crippen LogP contribution >= 0.6 is 35.3 Å². The van der Waals surface area contributed by atoms with E-state index in [0.717, 1.165) is 51.0 Å². The molecule has 1 aromatic carbocycles. The number of carbonyl (C=O) groups is 1. The minimum Gasteiger partial charge on any atom is -0.431 e. The van der Waals surface area contributed by atoms with E-state index in [1.165, 1.54) is 0 Å². The van der Waals surface area contributed by atoms with E-state index in [9.17, 15) is 4.79 Å². The molecule has 0 fully saturated rings. The molecule has 8 heteroatoms. The first kappa shape index (κ1) is 25.0. The number of oxazole rings is 1. The zero-order chi connectivity index (χ0) is 23.1. The van der Waals surface area contributed by atoms with E-state index in [-0.39, 0.29) is 5.91 Å². The quantitative estimate of drug-likeness (QED) is 0.222. The summed E-state index contributed by atoms with van der Waals surface area (Å²) in [7, 11) is 0. The molecular weight excluding hydrogens is 458 g/mol. The average Bonchev–Trinajstić information content (AvgIpc) is 3.12. The van der Waals surface area contributed by atoms with Crippen LogP contribution in [0.15, 0.2) is 49.9 Å². The van der Waals surface area contributed by atoms with Gasteiger partial charge in [-0.05, 0) is 38.0 Å². The topological polar surface area (TPSA) is 68.0 Å². The largest absolute Gasteiger partial charge is 0.431 e. The van der Waals surface area contributed by atoms with Gasteiger partial charge in [0.2, 0.25) is 5.91 Å². The Labute approximate surface area is 203 Å². The number of aromatic nitrogens is 2. The van der Waals surface area contributed by atoms with Crippen molar-refractivity contribution in [3.8, 4) is 0 Å². The standard InChI is InChI=1S/C24H31N3O2S3/c1-15(2)31-20-14-17(5)25-23(32-16(3)4)22(20)27-21(28)12-8-9-13-30-24-26-18-10-6-7-11-19(18)29-24/h6-7,10-11,14-16H,8-9,12-13H2,1-5H3,(H,27,28). The van der Waals surface area contributed by atoms with Crippen LogP contribution in [0, 0.1) is 6.92 Å². The molecule has 0 radical (unpaired) electrons. The first-order chi connectivity index (χ1) is 15.3. The van der Waals surface area contributed by atoms with Crippen molar-refractivity contribution in [2.45, 2.75) is 79.5 Å². The first-order valence-electron chi connectivity index (χ1n) is 10.9. The fourth-order valence-electron chi connectivity index (χ4n) is 3.05. The van der Waals surface area contributed by atoms with Crippen molar-refractivity contribution >= 4 is 58.0 Å². The molecule has 5 nitrogen and oxygen atoms in total. The molecule has 172 valence electrons. The van der Waals surface area contributed by atoms with Crippen LogP contribution in [0.4, 0.5) is 5.69 Å². The van der Waals surface area contributed by atoms with Gasteiger partial charge in [-0.25, -0.2) is 9.97 Å². The van der Waals surface area contributed by atoms with Crippen LogP contribution in [0.3, 0.4) is 0 Å². The number of nitrogens with one attached hydrogen (secondary N) is 1. The van der Waals surface area contributed by atoms with Gasteiger partial charge in [-0.15, -0.1) is 23.5 Å². The van der Waals surface area contributed by atoms with Crippen LogP contribution in [-0.4, -0.2) is 32.1 Å². The average molecular weight is 490 g/mol. The third kappa shape index (κ3) is 7.46. The number of hydrogen-bond donors (Lipinski definition) is 1. The van der Waals surface area contributed by atoms with Crippen LogP contribution in [0.25, 0.3) is 11.1 Å². The highest BCUT2D eigenvalue weighted by Gasteiger charge is 2.17. The minimum atomic E-state index is 0.0405. The summed E-state index contributed by atoms with van der Waals surface area (Å²) in [5.41, 5.74) is 3.53. The van der Waals surface area contributed by atoms with Gasteiger partial charge in [0.05, 0.1) is 5.69 Å². The third-order valence-electron chi connectivity index (χ3n) is 4.35. The van der Waals surface area contributed by atoms with Gasteiger partial charge in [0.25, 0.3) is 5.22 Å². The zero-order valence-corrected chi connectivity index (χ0v) is 21.8. The second kappa shape index (κ2) is 12.0. The van der Waals surface area contributed by atoms with Crippen molar-refractivity contribution in [2.75, 3.05) is 11.1 Å². The van der Waals surface area contributed by atoms with Gasteiger partial charge in [-0.3, -0.25) is 4.79 Å². The van der Waals surface area contributed by atoms with Crippen molar-refractivity contribution in [1.82, 2.24) is 9.97 Å². The molecule has 32 heavy (non-hydrogen) atoms.